The van der Waals surface area contributed by atoms with Gasteiger partial charge in [0.2, 0.25) is 0 Å². The second-order valence-corrected chi connectivity index (χ2v) is 4.06. The molecule has 1 aromatic rings. The van der Waals surface area contributed by atoms with Crippen molar-refractivity contribution in [3.63, 3.8) is 0 Å². The van der Waals surface area contributed by atoms with Crippen molar-refractivity contribution in [3.05, 3.63) is 49.2 Å². The molecule has 74 valence electrons. The van der Waals surface area contributed by atoms with Crippen LogP contribution in [0.1, 0.15) is 5.56 Å². The summed E-state index contributed by atoms with van der Waals surface area (Å²) in [6, 6.07) is 6.20. The maximum Gasteiger partial charge on any atom is 0.338 e. The number of rotatable bonds is 4. The molecule has 0 spiro atoms. The van der Waals surface area contributed by atoms with E-state index in [2.05, 4.69) is 17.3 Å². The van der Waals surface area contributed by atoms with Crippen molar-refractivity contribution in [2.75, 3.05) is 0 Å². The Labute approximate surface area is 83.5 Å². The lowest BCUT2D eigenvalue weighted by atomic mass is 10.2. The van der Waals surface area contributed by atoms with E-state index < -0.39 is 10.1 Å². The molecule has 0 atom stereocenters. The van der Waals surface area contributed by atoms with Gasteiger partial charge in [0.1, 0.15) is 4.90 Å². The molecule has 0 aliphatic heterocycles. The molecule has 0 aromatic heterocycles. The van der Waals surface area contributed by atoms with Crippen molar-refractivity contribution in [3.8, 4) is 0 Å². The van der Waals surface area contributed by atoms with E-state index in [9.17, 15) is 8.42 Å². The monoisotopic (exact) mass is 210 g/mol. The maximum atomic E-state index is 11.3. The van der Waals surface area contributed by atoms with Gasteiger partial charge in [-0.25, -0.2) is 0 Å². The molecule has 0 saturated carbocycles. The summed E-state index contributed by atoms with van der Waals surface area (Å²) in [6.45, 7) is 6.75. The number of benzene rings is 1. The third-order valence-electron chi connectivity index (χ3n) is 1.60. The van der Waals surface area contributed by atoms with Crippen molar-refractivity contribution in [1.82, 2.24) is 0 Å². The summed E-state index contributed by atoms with van der Waals surface area (Å²) in [5, 5.41) is 0. The van der Waals surface area contributed by atoms with Crippen LogP contribution in [0.5, 0.6) is 0 Å². The van der Waals surface area contributed by atoms with Crippen LogP contribution in [0.15, 0.2) is 48.6 Å². The first-order chi connectivity index (χ1) is 6.60. The predicted octanol–water partition coefficient (Wildman–Crippen LogP) is 2.18. The van der Waals surface area contributed by atoms with Gasteiger partial charge in [-0.2, -0.15) is 8.42 Å². The number of hydrogen-bond donors (Lipinski definition) is 0. The van der Waals surface area contributed by atoms with Crippen LogP contribution in [0, 0.1) is 0 Å². The maximum absolute atomic E-state index is 11.3. The Morgan fingerprint density at radius 3 is 2.14 bits per heavy atom. The Morgan fingerprint density at radius 2 is 1.71 bits per heavy atom. The molecule has 0 aliphatic rings. The van der Waals surface area contributed by atoms with Crippen LogP contribution in [0.25, 0.3) is 6.08 Å². The Bertz CT molecular complexity index is 429. The minimum atomic E-state index is -3.69. The topological polar surface area (TPSA) is 43.4 Å². The Morgan fingerprint density at radius 1 is 1.14 bits per heavy atom. The van der Waals surface area contributed by atoms with Crippen LogP contribution in [0.4, 0.5) is 0 Å². The quantitative estimate of drug-likeness (QED) is 0.565. The molecule has 0 radical (unpaired) electrons. The fourth-order valence-electron chi connectivity index (χ4n) is 0.916. The van der Waals surface area contributed by atoms with E-state index in [-0.39, 0.29) is 4.90 Å². The zero-order valence-electron chi connectivity index (χ0n) is 7.51. The second kappa shape index (κ2) is 4.11. The second-order valence-electron chi connectivity index (χ2n) is 2.49. The zero-order valence-corrected chi connectivity index (χ0v) is 8.33. The average Bonchev–Trinajstić information content (AvgIpc) is 2.18. The minimum Gasteiger partial charge on any atom is -0.388 e. The van der Waals surface area contributed by atoms with E-state index in [4.69, 9.17) is 0 Å². The van der Waals surface area contributed by atoms with E-state index in [0.717, 1.165) is 11.8 Å². The van der Waals surface area contributed by atoms with Gasteiger partial charge < -0.3 is 4.18 Å². The molecule has 0 N–H and O–H groups in total. The molecule has 0 aliphatic carbocycles. The van der Waals surface area contributed by atoms with Crippen molar-refractivity contribution in [1.29, 1.82) is 0 Å². The first kappa shape index (κ1) is 10.5. The zero-order chi connectivity index (χ0) is 10.6. The van der Waals surface area contributed by atoms with Gasteiger partial charge in [-0.1, -0.05) is 31.4 Å². The summed E-state index contributed by atoms with van der Waals surface area (Å²) in [5.74, 6) is 0. The third-order valence-corrected chi connectivity index (χ3v) is 2.84. The Kier molecular flexibility index (Phi) is 3.09. The first-order valence-corrected chi connectivity index (χ1v) is 5.27. The summed E-state index contributed by atoms with van der Waals surface area (Å²) >= 11 is 0. The Balaban J connectivity index is 3.09. The van der Waals surface area contributed by atoms with Crippen LogP contribution in [0.3, 0.4) is 0 Å². The molecule has 3 nitrogen and oxygen atoms in total. The van der Waals surface area contributed by atoms with Gasteiger partial charge in [0.15, 0.2) is 0 Å². The van der Waals surface area contributed by atoms with E-state index >= 15 is 0 Å². The fourth-order valence-corrected chi connectivity index (χ4v) is 1.68. The summed E-state index contributed by atoms with van der Waals surface area (Å²) in [7, 11) is -3.69. The van der Waals surface area contributed by atoms with Gasteiger partial charge in [0.05, 0.1) is 6.26 Å². The fraction of sp³-hybridized carbons (Fsp3) is 0. The SMILES string of the molecule is C=COS(=O)(=O)c1ccc(C=C)cc1. The lowest BCUT2D eigenvalue weighted by Gasteiger charge is -2.02. The molecule has 0 unspecified atom stereocenters. The minimum absolute atomic E-state index is 0.100. The lowest BCUT2D eigenvalue weighted by molar-refractivity contribution is 0.444. The van der Waals surface area contributed by atoms with Crippen molar-refractivity contribution in [2.24, 2.45) is 0 Å². The van der Waals surface area contributed by atoms with Crippen molar-refractivity contribution >= 4 is 16.2 Å². The summed E-state index contributed by atoms with van der Waals surface area (Å²) in [4.78, 5) is 0.100. The normalized spacial score (nSPS) is 10.6. The standard InChI is InChI=1S/C10H10O3S/c1-3-9-5-7-10(8-6-9)14(11,12)13-4-2/h3-8H,1-2H2. The summed E-state index contributed by atoms with van der Waals surface area (Å²) in [5.41, 5.74) is 0.850. The van der Waals surface area contributed by atoms with E-state index in [1.165, 1.54) is 12.1 Å². The van der Waals surface area contributed by atoms with Crippen LogP contribution < -0.4 is 0 Å². The molecule has 1 aromatic carbocycles. The number of hydrogen-bond acceptors (Lipinski definition) is 3. The molecule has 1 rings (SSSR count). The average molecular weight is 210 g/mol. The van der Waals surface area contributed by atoms with Gasteiger partial charge in [-0.15, -0.1) is 0 Å². The highest BCUT2D eigenvalue weighted by molar-refractivity contribution is 7.86. The molecule has 0 heterocycles. The van der Waals surface area contributed by atoms with E-state index in [0.29, 0.717) is 0 Å². The third kappa shape index (κ3) is 2.23. The van der Waals surface area contributed by atoms with Gasteiger partial charge in [0, 0.05) is 0 Å². The summed E-state index contributed by atoms with van der Waals surface area (Å²) < 4.78 is 27.0. The largest absolute Gasteiger partial charge is 0.388 e. The van der Waals surface area contributed by atoms with E-state index in [1.54, 1.807) is 18.2 Å². The van der Waals surface area contributed by atoms with E-state index in [1.807, 2.05) is 0 Å². The molecule has 4 heteroatoms. The summed E-state index contributed by atoms with van der Waals surface area (Å²) in [6.07, 6.45) is 2.52. The van der Waals surface area contributed by atoms with Crippen molar-refractivity contribution in [2.45, 2.75) is 4.90 Å². The molecular weight excluding hydrogens is 200 g/mol. The van der Waals surface area contributed by atoms with Crippen LogP contribution in [-0.2, 0) is 14.3 Å². The molecule has 0 saturated heterocycles. The predicted molar refractivity (Wildman–Crippen MR) is 55.0 cm³/mol. The molecular formula is C10H10O3S. The first-order valence-electron chi connectivity index (χ1n) is 3.87. The van der Waals surface area contributed by atoms with Crippen LogP contribution in [0.2, 0.25) is 0 Å². The van der Waals surface area contributed by atoms with Gasteiger partial charge >= 0.3 is 10.1 Å². The van der Waals surface area contributed by atoms with Crippen LogP contribution in [-0.4, -0.2) is 8.42 Å². The highest BCUT2D eigenvalue weighted by Gasteiger charge is 2.12. The van der Waals surface area contributed by atoms with Gasteiger partial charge in [-0.3, -0.25) is 0 Å². The highest BCUT2D eigenvalue weighted by atomic mass is 32.2. The van der Waals surface area contributed by atoms with Crippen LogP contribution >= 0.6 is 0 Å². The lowest BCUT2D eigenvalue weighted by Crippen LogP contribution is -2.01. The van der Waals surface area contributed by atoms with Crippen molar-refractivity contribution < 1.29 is 12.6 Å². The Hall–Kier alpha value is -1.55. The molecule has 0 fully saturated rings. The van der Waals surface area contributed by atoms with Gasteiger partial charge in [-0.05, 0) is 17.7 Å². The molecule has 0 bridgehead atoms. The molecule has 14 heavy (non-hydrogen) atoms. The highest BCUT2D eigenvalue weighted by Crippen LogP contribution is 2.13. The smallest absolute Gasteiger partial charge is 0.338 e. The van der Waals surface area contributed by atoms with Gasteiger partial charge in [0.25, 0.3) is 0 Å². The molecule has 0 amide bonds.